The molecule has 2 amide bonds. The van der Waals surface area contributed by atoms with E-state index >= 15 is 0 Å². The monoisotopic (exact) mass is 253 g/mol. The van der Waals surface area contributed by atoms with E-state index in [4.69, 9.17) is 10.5 Å². The molecule has 0 atom stereocenters. The fourth-order valence-electron chi connectivity index (χ4n) is 1.84. The number of carbonyl (C=O) groups excluding carboxylic acids is 1. The maximum atomic E-state index is 13.0. The Balaban J connectivity index is 1.88. The van der Waals surface area contributed by atoms with Crippen molar-refractivity contribution in [2.45, 2.75) is 6.54 Å². The fourth-order valence-corrected chi connectivity index (χ4v) is 1.84. The summed E-state index contributed by atoms with van der Waals surface area (Å²) in [4.78, 5) is 12.9. The maximum absolute atomic E-state index is 13.0. The highest BCUT2D eigenvalue weighted by molar-refractivity contribution is 5.76. The van der Waals surface area contributed by atoms with Crippen LogP contribution in [-0.2, 0) is 6.54 Å². The lowest BCUT2D eigenvalue weighted by molar-refractivity contribution is 0.202. The zero-order valence-electron chi connectivity index (χ0n) is 9.99. The molecule has 1 aliphatic rings. The molecule has 2 rings (SSSR count). The molecule has 18 heavy (non-hydrogen) atoms. The van der Waals surface area contributed by atoms with Crippen LogP contribution in [0, 0.1) is 5.82 Å². The third kappa shape index (κ3) is 2.89. The Kier molecular flexibility index (Phi) is 3.99. The van der Waals surface area contributed by atoms with Gasteiger partial charge >= 0.3 is 6.03 Å². The van der Waals surface area contributed by atoms with E-state index in [1.807, 2.05) is 0 Å². The number of urea groups is 1. The van der Waals surface area contributed by atoms with Crippen molar-refractivity contribution >= 4 is 6.03 Å². The molecule has 0 aromatic heterocycles. The largest absolute Gasteiger partial charge is 0.491 e. The van der Waals surface area contributed by atoms with Gasteiger partial charge in [-0.3, -0.25) is 0 Å². The van der Waals surface area contributed by atoms with Crippen LogP contribution in [0.3, 0.4) is 0 Å². The Morgan fingerprint density at radius 3 is 3.00 bits per heavy atom. The molecule has 0 saturated carbocycles. The lowest BCUT2D eigenvalue weighted by Gasteiger charge is -2.15. The van der Waals surface area contributed by atoms with Gasteiger partial charge in [0.15, 0.2) is 0 Å². The summed E-state index contributed by atoms with van der Waals surface area (Å²) in [6.07, 6.45) is 0. The molecule has 1 saturated heterocycles. The second-order valence-electron chi connectivity index (χ2n) is 4.02. The first-order chi connectivity index (χ1) is 8.70. The van der Waals surface area contributed by atoms with Gasteiger partial charge in [0, 0.05) is 25.2 Å². The molecule has 1 aromatic carbocycles. The average Bonchev–Trinajstić information content (AvgIpc) is 2.77. The van der Waals surface area contributed by atoms with Gasteiger partial charge in [-0.25, -0.2) is 9.18 Å². The Morgan fingerprint density at radius 2 is 2.33 bits per heavy atom. The highest BCUT2D eigenvalue weighted by atomic mass is 19.1. The molecule has 6 heteroatoms. The highest BCUT2D eigenvalue weighted by Gasteiger charge is 2.18. The van der Waals surface area contributed by atoms with Crippen molar-refractivity contribution in [3.8, 4) is 5.75 Å². The van der Waals surface area contributed by atoms with Crippen LogP contribution in [-0.4, -0.2) is 37.2 Å². The number of halogens is 1. The average molecular weight is 253 g/mol. The third-order valence-corrected chi connectivity index (χ3v) is 2.81. The smallest absolute Gasteiger partial charge is 0.317 e. The molecule has 1 heterocycles. The highest BCUT2D eigenvalue weighted by Crippen LogP contribution is 2.19. The summed E-state index contributed by atoms with van der Waals surface area (Å²) in [5.74, 6) is 0.236. The zero-order valence-corrected chi connectivity index (χ0v) is 9.99. The molecule has 5 nitrogen and oxygen atoms in total. The Hall–Kier alpha value is -1.82. The Bertz CT molecular complexity index is 439. The van der Waals surface area contributed by atoms with E-state index < -0.39 is 0 Å². The van der Waals surface area contributed by atoms with Crippen molar-refractivity contribution in [1.29, 1.82) is 0 Å². The van der Waals surface area contributed by atoms with Gasteiger partial charge in [-0.2, -0.15) is 0 Å². The van der Waals surface area contributed by atoms with Gasteiger partial charge in [0.05, 0.1) is 6.54 Å². The zero-order chi connectivity index (χ0) is 13.0. The summed E-state index contributed by atoms with van der Waals surface area (Å²) >= 11 is 0. The summed E-state index contributed by atoms with van der Waals surface area (Å²) in [6.45, 7) is 2.45. The number of carbonyl (C=O) groups is 1. The number of rotatable bonds is 5. The van der Waals surface area contributed by atoms with Crippen molar-refractivity contribution in [2.75, 3.05) is 26.2 Å². The topological polar surface area (TPSA) is 67.6 Å². The predicted molar refractivity (Wildman–Crippen MR) is 64.8 cm³/mol. The number of nitrogens with two attached hydrogens (primary N) is 1. The summed E-state index contributed by atoms with van der Waals surface area (Å²) in [5.41, 5.74) is 6.14. The number of hydrogen-bond donors (Lipinski definition) is 2. The minimum Gasteiger partial charge on any atom is -0.491 e. The Morgan fingerprint density at radius 1 is 1.50 bits per heavy atom. The lowest BCUT2D eigenvalue weighted by Crippen LogP contribution is -2.31. The lowest BCUT2D eigenvalue weighted by atomic mass is 10.2. The molecular weight excluding hydrogens is 237 g/mol. The van der Waals surface area contributed by atoms with Crippen LogP contribution >= 0.6 is 0 Å². The summed E-state index contributed by atoms with van der Waals surface area (Å²) in [5, 5.41) is 2.71. The molecule has 0 aliphatic carbocycles. The molecular formula is C12H16FN3O2. The van der Waals surface area contributed by atoms with Crippen LogP contribution in [0.2, 0.25) is 0 Å². The van der Waals surface area contributed by atoms with E-state index in [1.165, 1.54) is 12.1 Å². The van der Waals surface area contributed by atoms with Crippen LogP contribution in [0.1, 0.15) is 5.56 Å². The standard InChI is InChI=1S/C12H16FN3O2/c13-10-1-2-11(9(7-10)8-14)18-6-5-16-4-3-15-12(16)17/h1-2,7H,3-6,8,14H2,(H,15,17). The summed E-state index contributed by atoms with van der Waals surface area (Å²) < 4.78 is 18.5. The van der Waals surface area contributed by atoms with Gasteiger partial charge in [0.1, 0.15) is 18.2 Å². The minimum atomic E-state index is -0.332. The van der Waals surface area contributed by atoms with Gasteiger partial charge in [-0.1, -0.05) is 0 Å². The molecule has 1 aromatic rings. The van der Waals surface area contributed by atoms with Crippen LogP contribution < -0.4 is 15.8 Å². The van der Waals surface area contributed by atoms with Crippen molar-refractivity contribution < 1.29 is 13.9 Å². The van der Waals surface area contributed by atoms with Gasteiger partial charge in [-0.05, 0) is 18.2 Å². The van der Waals surface area contributed by atoms with E-state index in [2.05, 4.69) is 5.32 Å². The number of nitrogens with one attached hydrogen (secondary N) is 1. The first-order valence-electron chi connectivity index (χ1n) is 5.85. The maximum Gasteiger partial charge on any atom is 0.317 e. The molecule has 98 valence electrons. The molecule has 1 aliphatic heterocycles. The molecule has 0 radical (unpaired) electrons. The number of amides is 2. The van der Waals surface area contributed by atoms with E-state index in [0.29, 0.717) is 37.6 Å². The fraction of sp³-hybridized carbons (Fsp3) is 0.417. The molecule has 0 spiro atoms. The molecule has 3 N–H and O–H groups in total. The van der Waals surface area contributed by atoms with Crippen molar-refractivity contribution in [1.82, 2.24) is 10.2 Å². The first kappa shape index (κ1) is 12.6. The quantitative estimate of drug-likeness (QED) is 0.811. The van der Waals surface area contributed by atoms with E-state index in [0.717, 1.165) is 0 Å². The van der Waals surface area contributed by atoms with Crippen LogP contribution in [0.4, 0.5) is 9.18 Å². The van der Waals surface area contributed by atoms with Gasteiger partial charge in [0.25, 0.3) is 0 Å². The number of nitrogens with zero attached hydrogens (tertiary/aromatic N) is 1. The SMILES string of the molecule is NCc1cc(F)ccc1OCCN1CCNC1=O. The second-order valence-corrected chi connectivity index (χ2v) is 4.02. The van der Waals surface area contributed by atoms with E-state index in [-0.39, 0.29) is 18.4 Å². The predicted octanol–water partition coefficient (Wildman–Crippen LogP) is 0.688. The van der Waals surface area contributed by atoms with Crippen LogP contribution in [0.5, 0.6) is 5.75 Å². The van der Waals surface area contributed by atoms with Crippen molar-refractivity contribution in [2.24, 2.45) is 5.73 Å². The van der Waals surface area contributed by atoms with E-state index in [9.17, 15) is 9.18 Å². The van der Waals surface area contributed by atoms with Gasteiger partial charge < -0.3 is 20.7 Å². The number of ether oxygens (including phenoxy) is 1. The summed E-state index contributed by atoms with van der Waals surface area (Å²) in [7, 11) is 0. The second kappa shape index (κ2) is 5.68. The van der Waals surface area contributed by atoms with Crippen molar-refractivity contribution in [3.05, 3.63) is 29.6 Å². The van der Waals surface area contributed by atoms with E-state index in [1.54, 1.807) is 11.0 Å². The van der Waals surface area contributed by atoms with Crippen LogP contribution in [0.25, 0.3) is 0 Å². The minimum absolute atomic E-state index is 0.0724. The van der Waals surface area contributed by atoms with Gasteiger partial charge in [0.2, 0.25) is 0 Å². The van der Waals surface area contributed by atoms with Crippen LogP contribution in [0.15, 0.2) is 18.2 Å². The number of benzene rings is 1. The summed E-state index contributed by atoms with van der Waals surface area (Å²) in [6, 6.07) is 4.17. The van der Waals surface area contributed by atoms with Crippen molar-refractivity contribution in [3.63, 3.8) is 0 Å². The number of hydrogen-bond acceptors (Lipinski definition) is 3. The van der Waals surface area contributed by atoms with Gasteiger partial charge in [-0.15, -0.1) is 0 Å². The third-order valence-electron chi connectivity index (χ3n) is 2.81. The normalized spacial score (nSPS) is 14.8. The Labute approximate surface area is 105 Å². The molecule has 0 bridgehead atoms. The molecule has 1 fully saturated rings. The first-order valence-corrected chi connectivity index (χ1v) is 5.85. The molecule has 0 unspecified atom stereocenters.